The van der Waals surface area contributed by atoms with Crippen LogP contribution in [-0.4, -0.2) is 102 Å². The molecule has 408 valence electrons. The number of hydrogen-bond acceptors (Lipinski definition) is 10. The lowest BCUT2D eigenvalue weighted by atomic mass is 9.76. The van der Waals surface area contributed by atoms with Gasteiger partial charge in [-0.3, -0.25) is 0 Å². The maximum Gasteiger partial charge on any atom is 0.132 e. The molecular weight excluding hydrogens is 1060 g/mol. The summed E-state index contributed by atoms with van der Waals surface area (Å²) in [6, 6.07) is 38.5. The summed E-state index contributed by atoms with van der Waals surface area (Å²) in [5, 5.41) is 7.22. The van der Waals surface area contributed by atoms with Crippen LogP contribution in [0.4, 0.5) is 37.2 Å². The van der Waals surface area contributed by atoms with E-state index in [9.17, 15) is 4.39 Å². The summed E-state index contributed by atoms with van der Waals surface area (Å²) in [5.41, 5.74) is 14.6. The number of anilines is 5. The molecule has 15 heteroatoms. The number of nitrogens with one attached hydrogen (secondary N) is 1. The zero-order chi connectivity index (χ0) is 54.3. The molecule has 1 N–H and O–H groups in total. The summed E-state index contributed by atoms with van der Waals surface area (Å²) in [6.45, 7) is 16.0. The van der Waals surface area contributed by atoms with E-state index < -0.39 is 0 Å². The first-order chi connectivity index (χ1) is 38.5. The molecule has 4 fully saturated rings. The molecule has 0 unspecified atom stereocenters. The zero-order valence-electron chi connectivity index (χ0n) is 44.5. The minimum Gasteiger partial charge on any atom is -0.384 e. The van der Waals surface area contributed by atoms with Gasteiger partial charge in [-0.15, -0.1) is 0 Å². The van der Waals surface area contributed by atoms with E-state index >= 15 is 4.39 Å². The predicted molar refractivity (Wildman–Crippen MR) is 317 cm³/mol. The lowest BCUT2D eigenvalue weighted by Gasteiger charge is -2.35. The Kier molecular flexibility index (Phi) is 15.5. The Hall–Kier alpha value is -6.09. The van der Waals surface area contributed by atoms with E-state index in [4.69, 9.17) is 58.7 Å². The minimum absolute atomic E-state index is 0.00371. The third-order valence-electron chi connectivity index (χ3n) is 16.9. The van der Waals surface area contributed by atoms with Crippen LogP contribution in [0.2, 0.25) is 15.1 Å². The first-order valence-corrected chi connectivity index (χ1v) is 28.6. The van der Waals surface area contributed by atoms with E-state index in [2.05, 4.69) is 74.4 Å². The molecule has 6 aromatic carbocycles. The van der Waals surface area contributed by atoms with Gasteiger partial charge < -0.3 is 39.0 Å². The third-order valence-corrected chi connectivity index (χ3v) is 17.9. The molecule has 0 radical (unpaired) electrons. The summed E-state index contributed by atoms with van der Waals surface area (Å²) < 4.78 is 51.5. The SMILES string of the molecule is Cc1c(-c2ccccc2F)nc2cc(Cl)ccc2c1Cl.Cc1c(-c2ccccc2F)nc2cc(Cl)ccc2c1N1CC2(CCOCC2)c2ccc(N3CCOCC3)cc21.c1cc2c(cc1N1CCOCC1)NCC21CCOCC1. The molecule has 0 atom stereocenters. The molecule has 2 spiro atoms. The molecule has 0 aliphatic carbocycles. The maximum atomic E-state index is 15.1. The van der Waals surface area contributed by atoms with Gasteiger partial charge in [-0.25, -0.2) is 18.7 Å². The molecule has 6 aliphatic rings. The Bertz CT molecular complexity index is 3560. The molecular formula is C64H63Cl3F2N6O4. The summed E-state index contributed by atoms with van der Waals surface area (Å²) in [7, 11) is 0. The average Bonchev–Trinajstić information content (AvgIpc) is 4.19. The van der Waals surface area contributed by atoms with Crippen molar-refractivity contribution in [2.75, 3.05) is 112 Å². The monoisotopic (exact) mass is 1120 g/mol. The minimum atomic E-state index is -0.319. The molecule has 6 aliphatic heterocycles. The van der Waals surface area contributed by atoms with Crippen molar-refractivity contribution in [3.63, 3.8) is 0 Å². The number of aromatic nitrogens is 2. The lowest BCUT2D eigenvalue weighted by molar-refractivity contribution is 0.0558. The van der Waals surface area contributed by atoms with Crippen LogP contribution < -0.4 is 20.0 Å². The Morgan fingerprint density at radius 3 is 1.59 bits per heavy atom. The van der Waals surface area contributed by atoms with Crippen molar-refractivity contribution in [1.29, 1.82) is 0 Å². The molecule has 14 rings (SSSR count). The van der Waals surface area contributed by atoms with Gasteiger partial charge in [0, 0.05) is 131 Å². The van der Waals surface area contributed by atoms with E-state index in [0.717, 1.165) is 151 Å². The van der Waals surface area contributed by atoms with Gasteiger partial charge in [0.1, 0.15) is 11.6 Å². The number of fused-ring (bicyclic) bond motifs is 6. The molecule has 8 heterocycles. The van der Waals surface area contributed by atoms with Crippen LogP contribution in [0.1, 0.15) is 47.9 Å². The van der Waals surface area contributed by atoms with Crippen LogP contribution in [-0.2, 0) is 29.8 Å². The van der Waals surface area contributed by atoms with Crippen molar-refractivity contribution in [2.24, 2.45) is 0 Å². The van der Waals surface area contributed by atoms with E-state index in [1.165, 1.54) is 46.0 Å². The molecule has 0 bridgehead atoms. The van der Waals surface area contributed by atoms with Gasteiger partial charge in [-0.2, -0.15) is 0 Å². The number of nitrogens with zero attached hydrogens (tertiary/aromatic N) is 5. The summed E-state index contributed by atoms with van der Waals surface area (Å²) in [4.78, 5) is 16.8. The van der Waals surface area contributed by atoms with Crippen molar-refractivity contribution in [3.05, 3.63) is 170 Å². The highest BCUT2D eigenvalue weighted by Crippen LogP contribution is 2.53. The quantitative estimate of drug-likeness (QED) is 0.180. The fourth-order valence-corrected chi connectivity index (χ4v) is 13.2. The van der Waals surface area contributed by atoms with Gasteiger partial charge in [0.05, 0.1) is 59.6 Å². The molecule has 0 amide bonds. The molecule has 10 nitrogen and oxygen atoms in total. The number of halogens is 5. The standard InChI is InChI=1S/C32H31ClFN3O2.C16H10Cl2FN.C16H22N2O2/c1-21-30(24-4-2-3-5-27(24)34)35-28-18-22(33)6-8-25(28)31(21)37-20-32(10-14-38-15-11-32)26-9-7-23(19-29(26)37)36-12-16-39-17-13-36;1-9-15(18)12-7-6-10(17)8-14(12)20-16(9)11-4-2-3-5-13(11)19;1-2-14-15(11-13(1)18-5-9-20-10-6-18)17-12-16(14)3-7-19-8-4-16/h2-9,18-19H,10-17,20H2,1H3;2-8H,1H3;1-2,11,17H,3-10,12H2. The van der Waals surface area contributed by atoms with Crippen molar-refractivity contribution < 1.29 is 27.7 Å². The van der Waals surface area contributed by atoms with Gasteiger partial charge in [-0.1, -0.05) is 71.2 Å². The number of rotatable bonds is 5. The van der Waals surface area contributed by atoms with E-state index in [1.807, 2.05) is 31.2 Å². The molecule has 0 saturated carbocycles. The Morgan fingerprint density at radius 1 is 0.519 bits per heavy atom. The molecule has 4 saturated heterocycles. The van der Waals surface area contributed by atoms with Gasteiger partial charge in [0.2, 0.25) is 0 Å². The summed E-state index contributed by atoms with van der Waals surface area (Å²) in [5.74, 6) is -0.599. The third kappa shape index (κ3) is 10.5. The van der Waals surface area contributed by atoms with Gasteiger partial charge in [-0.05, 0) is 147 Å². The fraction of sp³-hybridized carbons (Fsp3) is 0.344. The second-order valence-electron chi connectivity index (χ2n) is 21.5. The largest absolute Gasteiger partial charge is 0.384 e. The highest BCUT2D eigenvalue weighted by molar-refractivity contribution is 6.37. The Morgan fingerprint density at radius 2 is 1.01 bits per heavy atom. The van der Waals surface area contributed by atoms with Crippen LogP contribution in [0, 0.1) is 25.5 Å². The predicted octanol–water partition coefficient (Wildman–Crippen LogP) is 14.7. The number of pyridine rings is 2. The highest BCUT2D eigenvalue weighted by Gasteiger charge is 2.46. The van der Waals surface area contributed by atoms with Gasteiger partial charge in [0.25, 0.3) is 0 Å². The first kappa shape index (κ1) is 53.5. The normalized spacial score (nSPS) is 18.2. The lowest BCUT2D eigenvalue weighted by Crippen LogP contribution is -2.37. The van der Waals surface area contributed by atoms with Crippen LogP contribution in [0.25, 0.3) is 44.3 Å². The summed E-state index contributed by atoms with van der Waals surface area (Å²) >= 11 is 18.8. The van der Waals surface area contributed by atoms with Crippen LogP contribution >= 0.6 is 34.8 Å². The van der Waals surface area contributed by atoms with Crippen molar-refractivity contribution in [1.82, 2.24) is 9.97 Å². The van der Waals surface area contributed by atoms with Crippen LogP contribution in [0.5, 0.6) is 0 Å². The fourth-order valence-electron chi connectivity index (χ4n) is 12.6. The van der Waals surface area contributed by atoms with E-state index in [-0.39, 0.29) is 17.0 Å². The second kappa shape index (κ2) is 22.8. The van der Waals surface area contributed by atoms with Crippen LogP contribution in [0.3, 0.4) is 0 Å². The second-order valence-corrected chi connectivity index (χ2v) is 22.7. The zero-order valence-corrected chi connectivity index (χ0v) is 46.8. The van der Waals surface area contributed by atoms with E-state index in [0.29, 0.717) is 48.5 Å². The van der Waals surface area contributed by atoms with Gasteiger partial charge >= 0.3 is 0 Å². The van der Waals surface area contributed by atoms with Crippen LogP contribution in [0.15, 0.2) is 121 Å². The highest BCUT2D eigenvalue weighted by atomic mass is 35.5. The first-order valence-electron chi connectivity index (χ1n) is 27.5. The number of hydrogen-bond donors (Lipinski definition) is 1. The number of ether oxygens (including phenoxy) is 4. The van der Waals surface area contributed by atoms with Gasteiger partial charge in [0.15, 0.2) is 0 Å². The molecule has 8 aromatic rings. The smallest absolute Gasteiger partial charge is 0.132 e. The van der Waals surface area contributed by atoms with Crippen molar-refractivity contribution in [3.8, 4) is 22.5 Å². The maximum absolute atomic E-state index is 15.1. The van der Waals surface area contributed by atoms with E-state index in [1.54, 1.807) is 42.5 Å². The van der Waals surface area contributed by atoms with Crippen molar-refractivity contribution >= 4 is 85.0 Å². The Labute approximate surface area is 475 Å². The molecule has 2 aromatic heterocycles. The summed E-state index contributed by atoms with van der Waals surface area (Å²) in [6.07, 6.45) is 4.23. The Balaban J connectivity index is 0.000000131. The number of benzene rings is 6. The topological polar surface area (TPSA) is 84.5 Å². The average molecular weight is 1120 g/mol. The molecule has 79 heavy (non-hydrogen) atoms. The van der Waals surface area contributed by atoms with Crippen molar-refractivity contribution in [2.45, 2.75) is 50.4 Å². The number of morpholine rings is 2.